The van der Waals surface area contributed by atoms with Gasteiger partial charge in [0.2, 0.25) is 0 Å². The third kappa shape index (κ3) is 5.99. The highest BCUT2D eigenvalue weighted by Gasteiger charge is 2.49. The monoisotopic (exact) mass is 676 g/mol. The Hall–Kier alpha value is -3.96. The number of anilines is 3. The van der Waals surface area contributed by atoms with Crippen LogP contribution >= 0.6 is 23.2 Å². The zero-order valence-electron chi connectivity index (χ0n) is 26.5. The van der Waals surface area contributed by atoms with Gasteiger partial charge in [0, 0.05) is 31.2 Å². The second-order valence-corrected chi connectivity index (χ2v) is 14.5. The molecular formula is C34H38Cl2N8O3. The molecule has 3 N–H and O–H groups in total. The number of hydrogen-bond acceptors (Lipinski definition) is 8. The maximum absolute atomic E-state index is 13.1. The van der Waals surface area contributed by atoms with Crippen LogP contribution < -0.4 is 15.5 Å². The van der Waals surface area contributed by atoms with Gasteiger partial charge in [-0.15, -0.1) is 5.10 Å². The van der Waals surface area contributed by atoms with Crippen molar-refractivity contribution in [3.63, 3.8) is 0 Å². The molecule has 0 radical (unpaired) electrons. The number of Topliss-reactive ketones (excluding diaryl/α,β-unsaturated/α-hetero) is 1. The van der Waals surface area contributed by atoms with Gasteiger partial charge in [-0.3, -0.25) is 4.79 Å². The quantitative estimate of drug-likeness (QED) is 0.172. The van der Waals surface area contributed by atoms with Gasteiger partial charge in [-0.1, -0.05) is 53.9 Å². The molecule has 2 atom stereocenters. The zero-order valence-corrected chi connectivity index (χ0v) is 28.0. The van der Waals surface area contributed by atoms with E-state index in [2.05, 4.69) is 44.8 Å². The van der Waals surface area contributed by atoms with Crippen molar-refractivity contribution in [2.45, 2.75) is 82.7 Å². The maximum Gasteiger partial charge on any atom is 0.405 e. The molecule has 2 fully saturated rings. The number of carbonyl (C=O) groups is 2. The first-order chi connectivity index (χ1) is 22.5. The Bertz CT molecular complexity index is 1850. The lowest BCUT2D eigenvalue weighted by molar-refractivity contribution is -0.124. The Balaban J connectivity index is 1.19. The Kier molecular flexibility index (Phi) is 8.24. The molecule has 1 aromatic carbocycles. The number of ketones is 1. The summed E-state index contributed by atoms with van der Waals surface area (Å²) in [7, 11) is 0. The van der Waals surface area contributed by atoms with Gasteiger partial charge in [-0.25, -0.2) is 24.4 Å². The van der Waals surface area contributed by atoms with Crippen LogP contribution in [0.2, 0.25) is 10.2 Å². The Morgan fingerprint density at radius 2 is 1.91 bits per heavy atom. The molecular weight excluding hydrogens is 639 g/mol. The smallest absolute Gasteiger partial charge is 0.405 e. The molecule has 3 aromatic heterocycles. The van der Waals surface area contributed by atoms with Gasteiger partial charge in [-0.2, -0.15) is 0 Å². The van der Waals surface area contributed by atoms with Crippen molar-refractivity contribution < 1.29 is 14.7 Å². The Morgan fingerprint density at radius 1 is 1.13 bits per heavy atom. The predicted octanol–water partition coefficient (Wildman–Crippen LogP) is 7.32. The van der Waals surface area contributed by atoms with E-state index in [0.717, 1.165) is 57.4 Å². The van der Waals surface area contributed by atoms with Crippen molar-refractivity contribution in [1.82, 2.24) is 30.0 Å². The van der Waals surface area contributed by atoms with Crippen LogP contribution in [0.3, 0.4) is 0 Å². The highest BCUT2D eigenvalue weighted by Crippen LogP contribution is 2.56. The minimum atomic E-state index is -1.00. The summed E-state index contributed by atoms with van der Waals surface area (Å²) in [6.07, 6.45) is 8.94. The summed E-state index contributed by atoms with van der Waals surface area (Å²) in [5.41, 5.74) is 3.77. The molecule has 246 valence electrons. The van der Waals surface area contributed by atoms with Crippen LogP contribution in [0.4, 0.5) is 22.1 Å². The number of nitrogens with zero attached hydrogens (tertiary/aromatic N) is 6. The average Bonchev–Trinajstić information content (AvgIpc) is 3.53. The van der Waals surface area contributed by atoms with Gasteiger partial charge < -0.3 is 20.6 Å². The number of piperidine rings is 1. The number of pyridine rings is 1. The topological polar surface area (TPSA) is 138 Å². The van der Waals surface area contributed by atoms with Crippen LogP contribution in [0, 0.1) is 5.41 Å². The molecule has 0 bridgehead atoms. The molecule has 1 saturated carbocycles. The summed E-state index contributed by atoms with van der Waals surface area (Å²) in [6, 6.07) is 9.91. The lowest BCUT2D eigenvalue weighted by atomic mass is 9.66. The number of amides is 1. The van der Waals surface area contributed by atoms with Crippen LogP contribution in [0.15, 0.2) is 42.7 Å². The van der Waals surface area contributed by atoms with Crippen molar-refractivity contribution in [1.29, 1.82) is 0 Å². The lowest BCUT2D eigenvalue weighted by Gasteiger charge is -2.45. The van der Waals surface area contributed by atoms with Gasteiger partial charge in [0.25, 0.3) is 0 Å². The summed E-state index contributed by atoms with van der Waals surface area (Å²) in [4.78, 5) is 40.9. The van der Waals surface area contributed by atoms with Gasteiger partial charge in [0.1, 0.15) is 22.0 Å². The van der Waals surface area contributed by atoms with E-state index >= 15 is 0 Å². The van der Waals surface area contributed by atoms with E-state index in [9.17, 15) is 14.7 Å². The number of carbonyl (C=O) groups excluding carboxylic acids is 1. The van der Waals surface area contributed by atoms with Crippen molar-refractivity contribution in [2.75, 3.05) is 23.3 Å². The number of carboxylic acid groups (broad SMARTS) is 1. The van der Waals surface area contributed by atoms with E-state index in [-0.39, 0.29) is 27.3 Å². The van der Waals surface area contributed by atoms with Crippen LogP contribution in [0.5, 0.6) is 0 Å². The second kappa shape index (κ2) is 12.2. The molecule has 7 rings (SSSR count). The molecule has 1 amide bonds. The van der Waals surface area contributed by atoms with Crippen LogP contribution in [-0.4, -0.2) is 60.3 Å². The molecule has 1 unspecified atom stereocenters. The molecule has 1 saturated heterocycles. The van der Waals surface area contributed by atoms with Crippen LogP contribution in [0.1, 0.15) is 81.9 Å². The van der Waals surface area contributed by atoms with E-state index < -0.39 is 17.7 Å². The fraction of sp³-hybridized carbons (Fsp3) is 0.471. The largest absolute Gasteiger partial charge is 0.465 e. The predicted molar refractivity (Wildman–Crippen MR) is 182 cm³/mol. The fourth-order valence-electron chi connectivity index (χ4n) is 7.97. The molecule has 11 nitrogen and oxygen atoms in total. The number of nitrogens with one attached hydrogen (secondary N) is 2. The Morgan fingerprint density at radius 3 is 2.68 bits per heavy atom. The second-order valence-electron chi connectivity index (χ2n) is 13.8. The lowest BCUT2D eigenvalue weighted by Crippen LogP contribution is -2.48. The number of fused-ring (bicyclic) bond motifs is 2. The molecule has 4 heterocycles. The fourth-order valence-corrected chi connectivity index (χ4v) is 8.29. The molecule has 1 aliphatic heterocycles. The molecule has 4 aromatic rings. The van der Waals surface area contributed by atoms with Gasteiger partial charge in [0.05, 0.1) is 11.9 Å². The summed E-state index contributed by atoms with van der Waals surface area (Å²) in [6.45, 7) is 5.50. The standard InChI is InChI=1S/C34H38Cl2N8O3/c1-33(2,41-32(46)47)18-22-21-8-4-3-7-20(21)17-34(22)12-15-43(16-13-34)26-19-38-28-30(39-23-11-14-37-29(36)27(23)35)42-44(31(28)40-26)24-9-5-6-10-25(24)45/h3-4,7-8,11,14,19,22,24,41H,5-6,9-10,12-13,15-18H2,1-2H3,(H,46,47)(H,37,39,42)/t22-,24?/m1/s1. The first-order valence-electron chi connectivity index (χ1n) is 16.2. The average molecular weight is 678 g/mol. The zero-order chi connectivity index (χ0) is 32.9. The minimum absolute atomic E-state index is 0.0215. The maximum atomic E-state index is 13.1. The van der Waals surface area contributed by atoms with Gasteiger partial charge in [-0.05, 0) is 80.9 Å². The summed E-state index contributed by atoms with van der Waals surface area (Å²) in [5.74, 6) is 1.57. The molecule has 47 heavy (non-hydrogen) atoms. The van der Waals surface area contributed by atoms with E-state index in [1.165, 1.54) is 11.1 Å². The summed E-state index contributed by atoms with van der Waals surface area (Å²) >= 11 is 12.6. The van der Waals surface area contributed by atoms with Crippen LogP contribution in [0.25, 0.3) is 11.2 Å². The number of aromatic nitrogens is 5. The Labute approximate surface area is 283 Å². The number of halogens is 2. The van der Waals surface area contributed by atoms with Crippen molar-refractivity contribution in [3.8, 4) is 0 Å². The molecule has 1 spiro atoms. The third-order valence-electron chi connectivity index (χ3n) is 10.3. The highest BCUT2D eigenvalue weighted by atomic mass is 35.5. The number of hydrogen-bond donors (Lipinski definition) is 3. The van der Waals surface area contributed by atoms with E-state index in [1.807, 2.05) is 13.8 Å². The summed E-state index contributed by atoms with van der Waals surface area (Å²) < 4.78 is 1.74. The van der Waals surface area contributed by atoms with Gasteiger partial charge in [0.15, 0.2) is 22.8 Å². The first-order valence-corrected chi connectivity index (χ1v) is 17.0. The van der Waals surface area contributed by atoms with Crippen molar-refractivity contribution >= 4 is 63.6 Å². The minimum Gasteiger partial charge on any atom is -0.465 e. The van der Waals surface area contributed by atoms with Crippen molar-refractivity contribution in [3.05, 3.63) is 64.0 Å². The molecule has 2 aliphatic carbocycles. The third-order valence-corrected chi connectivity index (χ3v) is 11.0. The van der Waals surface area contributed by atoms with Gasteiger partial charge >= 0.3 is 6.09 Å². The first kappa shape index (κ1) is 31.6. The summed E-state index contributed by atoms with van der Waals surface area (Å²) in [5, 5.41) is 20.8. The van der Waals surface area contributed by atoms with E-state index in [1.54, 1.807) is 23.1 Å². The normalized spacial score (nSPS) is 20.9. The van der Waals surface area contributed by atoms with E-state index in [4.69, 9.17) is 38.3 Å². The SMILES string of the molecule is CC(C)(C[C@@H]1c2ccccc2CC12CCN(c1cnc3c(Nc4ccnc(Cl)c4Cl)nn(C4CCCCC4=O)c3n1)CC2)NC(=O)O. The van der Waals surface area contributed by atoms with Crippen molar-refractivity contribution in [2.24, 2.45) is 5.41 Å². The van der Waals surface area contributed by atoms with Crippen LogP contribution in [-0.2, 0) is 11.2 Å². The molecule has 3 aliphatic rings. The van der Waals surface area contributed by atoms with E-state index in [0.29, 0.717) is 35.5 Å². The number of benzene rings is 1. The highest BCUT2D eigenvalue weighted by molar-refractivity contribution is 6.43. The number of rotatable bonds is 7. The molecule has 13 heteroatoms.